The molecule has 0 aromatic heterocycles. The summed E-state index contributed by atoms with van der Waals surface area (Å²) in [6.07, 6.45) is 5.57. The van der Waals surface area contributed by atoms with E-state index in [4.69, 9.17) is 0 Å². The molecule has 20 heavy (non-hydrogen) atoms. The summed E-state index contributed by atoms with van der Waals surface area (Å²) in [6.45, 7) is 2.82. The Morgan fingerprint density at radius 1 is 1.25 bits per heavy atom. The van der Waals surface area contributed by atoms with E-state index in [-0.39, 0.29) is 18.4 Å². The lowest BCUT2D eigenvalue weighted by Crippen LogP contribution is -2.47. The van der Waals surface area contributed by atoms with Gasteiger partial charge in [-0.1, -0.05) is 25.7 Å². The maximum atomic E-state index is 12.6. The SMILES string of the molecule is CC1CSCCN1C(=O)CC1(C(=O)O)CCCCCC1. The summed E-state index contributed by atoms with van der Waals surface area (Å²) in [7, 11) is 0. The van der Waals surface area contributed by atoms with E-state index in [1.165, 1.54) is 0 Å². The van der Waals surface area contributed by atoms with Gasteiger partial charge in [-0.05, 0) is 19.8 Å². The van der Waals surface area contributed by atoms with Crippen molar-refractivity contribution in [3.8, 4) is 0 Å². The van der Waals surface area contributed by atoms with Gasteiger partial charge in [-0.25, -0.2) is 0 Å². The molecule has 114 valence electrons. The largest absolute Gasteiger partial charge is 0.481 e. The summed E-state index contributed by atoms with van der Waals surface area (Å²) >= 11 is 1.87. The van der Waals surface area contributed by atoms with E-state index in [0.717, 1.165) is 43.7 Å². The van der Waals surface area contributed by atoms with Crippen LogP contribution in [0.15, 0.2) is 0 Å². The number of hydrogen-bond acceptors (Lipinski definition) is 3. The van der Waals surface area contributed by atoms with E-state index in [9.17, 15) is 14.7 Å². The fourth-order valence-corrected chi connectivity index (χ4v) is 4.37. The molecule has 1 heterocycles. The first-order valence-electron chi connectivity index (χ1n) is 7.66. The highest BCUT2D eigenvalue weighted by Crippen LogP contribution is 2.39. The summed E-state index contributed by atoms with van der Waals surface area (Å²) in [4.78, 5) is 26.2. The average Bonchev–Trinajstić information content (AvgIpc) is 2.65. The zero-order chi connectivity index (χ0) is 14.6. The number of aliphatic carboxylic acids is 1. The zero-order valence-corrected chi connectivity index (χ0v) is 13.1. The van der Waals surface area contributed by atoms with Gasteiger partial charge in [-0.2, -0.15) is 11.8 Å². The van der Waals surface area contributed by atoms with E-state index in [1.54, 1.807) is 0 Å². The first-order chi connectivity index (χ1) is 9.55. The molecule has 1 atom stereocenters. The first kappa shape index (κ1) is 15.7. The summed E-state index contributed by atoms with van der Waals surface area (Å²) < 4.78 is 0. The van der Waals surface area contributed by atoms with Crippen LogP contribution in [-0.4, -0.2) is 46.0 Å². The van der Waals surface area contributed by atoms with Gasteiger partial charge in [-0.15, -0.1) is 0 Å². The van der Waals surface area contributed by atoms with E-state index in [0.29, 0.717) is 12.8 Å². The molecule has 5 heteroatoms. The third-order valence-electron chi connectivity index (χ3n) is 4.69. The van der Waals surface area contributed by atoms with Gasteiger partial charge >= 0.3 is 5.97 Å². The summed E-state index contributed by atoms with van der Waals surface area (Å²) in [5.41, 5.74) is -0.808. The van der Waals surface area contributed by atoms with Gasteiger partial charge in [0.05, 0.1) is 5.41 Å². The van der Waals surface area contributed by atoms with Crippen molar-refractivity contribution < 1.29 is 14.7 Å². The predicted octanol–water partition coefficient (Wildman–Crippen LogP) is 2.77. The van der Waals surface area contributed by atoms with Gasteiger partial charge in [0.1, 0.15) is 0 Å². The topological polar surface area (TPSA) is 57.6 Å². The van der Waals surface area contributed by atoms with Crippen molar-refractivity contribution in [1.29, 1.82) is 0 Å². The minimum absolute atomic E-state index is 0.0436. The molecule has 1 saturated heterocycles. The van der Waals surface area contributed by atoms with Crippen molar-refractivity contribution in [2.24, 2.45) is 5.41 Å². The molecule has 0 bridgehead atoms. The highest BCUT2D eigenvalue weighted by molar-refractivity contribution is 7.99. The number of carboxylic acid groups (broad SMARTS) is 1. The van der Waals surface area contributed by atoms with Crippen molar-refractivity contribution >= 4 is 23.6 Å². The number of amides is 1. The lowest BCUT2D eigenvalue weighted by Gasteiger charge is -2.36. The van der Waals surface area contributed by atoms with Crippen LogP contribution in [0.4, 0.5) is 0 Å². The maximum absolute atomic E-state index is 12.6. The molecular weight excluding hydrogens is 274 g/mol. The standard InChI is InChI=1S/C15H25NO3S/c1-12-11-20-9-8-16(12)13(17)10-15(14(18)19)6-4-2-3-5-7-15/h12H,2-11H2,1H3,(H,18,19). The smallest absolute Gasteiger partial charge is 0.310 e. The maximum Gasteiger partial charge on any atom is 0.310 e. The second kappa shape index (κ2) is 6.83. The Morgan fingerprint density at radius 2 is 1.90 bits per heavy atom. The molecule has 4 nitrogen and oxygen atoms in total. The van der Waals surface area contributed by atoms with Gasteiger partial charge < -0.3 is 10.0 Å². The first-order valence-corrected chi connectivity index (χ1v) is 8.81. The summed E-state index contributed by atoms with van der Waals surface area (Å²) in [6, 6.07) is 0.234. The van der Waals surface area contributed by atoms with Crippen LogP contribution in [-0.2, 0) is 9.59 Å². The number of thioether (sulfide) groups is 1. The number of rotatable bonds is 3. The molecule has 0 spiro atoms. The summed E-state index contributed by atoms with van der Waals surface area (Å²) in [5.74, 6) is 1.20. The quantitative estimate of drug-likeness (QED) is 0.814. The van der Waals surface area contributed by atoms with Gasteiger partial charge in [0.25, 0.3) is 0 Å². The molecule has 2 aliphatic rings. The van der Waals surface area contributed by atoms with Crippen LogP contribution in [0.1, 0.15) is 51.9 Å². The van der Waals surface area contributed by atoms with Gasteiger partial charge in [0.15, 0.2) is 0 Å². The van der Waals surface area contributed by atoms with Gasteiger partial charge in [0, 0.05) is 30.5 Å². The Kier molecular flexibility index (Phi) is 5.35. The van der Waals surface area contributed by atoms with E-state index < -0.39 is 11.4 Å². The number of nitrogens with zero attached hydrogens (tertiary/aromatic N) is 1. The highest BCUT2D eigenvalue weighted by atomic mass is 32.2. The molecule has 0 aromatic rings. The molecule has 1 aliphatic heterocycles. The number of carbonyl (C=O) groups is 2. The lowest BCUT2D eigenvalue weighted by molar-refractivity contribution is -0.155. The van der Waals surface area contributed by atoms with Crippen LogP contribution >= 0.6 is 11.8 Å². The van der Waals surface area contributed by atoms with Crippen LogP contribution in [0.25, 0.3) is 0 Å². The fraction of sp³-hybridized carbons (Fsp3) is 0.867. The van der Waals surface area contributed by atoms with E-state index >= 15 is 0 Å². The number of carbonyl (C=O) groups excluding carboxylic acids is 1. The molecule has 1 amide bonds. The minimum atomic E-state index is -0.808. The Hall–Kier alpha value is -0.710. The Labute approximate surface area is 125 Å². The van der Waals surface area contributed by atoms with Crippen molar-refractivity contribution in [1.82, 2.24) is 4.90 Å². The van der Waals surface area contributed by atoms with Crippen molar-refractivity contribution in [2.45, 2.75) is 57.9 Å². The monoisotopic (exact) mass is 299 g/mol. The second-order valence-corrected chi connectivity index (χ2v) is 7.34. The van der Waals surface area contributed by atoms with Crippen LogP contribution in [0.2, 0.25) is 0 Å². The molecule has 0 aromatic carbocycles. The fourth-order valence-electron chi connectivity index (χ4n) is 3.36. The molecule has 1 saturated carbocycles. The number of hydrogen-bond donors (Lipinski definition) is 1. The summed E-state index contributed by atoms with van der Waals surface area (Å²) in [5, 5.41) is 9.65. The molecule has 0 radical (unpaired) electrons. The third-order valence-corrected chi connectivity index (χ3v) is 5.88. The van der Waals surface area contributed by atoms with Crippen LogP contribution < -0.4 is 0 Å². The highest BCUT2D eigenvalue weighted by Gasteiger charge is 2.42. The second-order valence-electron chi connectivity index (χ2n) is 6.19. The van der Waals surface area contributed by atoms with E-state index in [2.05, 4.69) is 6.92 Å². The Balaban J connectivity index is 2.07. The molecule has 1 unspecified atom stereocenters. The van der Waals surface area contributed by atoms with E-state index in [1.807, 2.05) is 16.7 Å². The van der Waals surface area contributed by atoms with Crippen LogP contribution in [0.5, 0.6) is 0 Å². The van der Waals surface area contributed by atoms with Gasteiger partial charge in [0.2, 0.25) is 5.91 Å². The Bertz CT molecular complexity index is 364. The molecular formula is C15H25NO3S. The average molecular weight is 299 g/mol. The normalized spacial score (nSPS) is 26.9. The lowest BCUT2D eigenvalue weighted by atomic mass is 9.77. The van der Waals surface area contributed by atoms with Gasteiger partial charge in [-0.3, -0.25) is 9.59 Å². The molecule has 1 aliphatic carbocycles. The predicted molar refractivity (Wildman–Crippen MR) is 80.9 cm³/mol. The van der Waals surface area contributed by atoms with Crippen molar-refractivity contribution in [3.63, 3.8) is 0 Å². The third kappa shape index (κ3) is 3.48. The molecule has 2 rings (SSSR count). The van der Waals surface area contributed by atoms with Crippen LogP contribution in [0, 0.1) is 5.41 Å². The van der Waals surface area contributed by atoms with Crippen molar-refractivity contribution in [3.05, 3.63) is 0 Å². The Morgan fingerprint density at radius 3 is 2.45 bits per heavy atom. The van der Waals surface area contributed by atoms with Crippen LogP contribution in [0.3, 0.4) is 0 Å². The molecule has 1 N–H and O–H groups in total. The number of carboxylic acids is 1. The van der Waals surface area contributed by atoms with Crippen molar-refractivity contribution in [2.75, 3.05) is 18.1 Å². The minimum Gasteiger partial charge on any atom is -0.481 e. The molecule has 2 fully saturated rings. The zero-order valence-electron chi connectivity index (χ0n) is 12.3.